The largest absolute Gasteiger partial charge is 0.497 e. The van der Waals surface area contributed by atoms with E-state index in [-0.39, 0.29) is 10.7 Å². The van der Waals surface area contributed by atoms with Gasteiger partial charge in [-0.15, -0.1) is 0 Å². The van der Waals surface area contributed by atoms with E-state index in [4.69, 9.17) is 21.1 Å². The average molecular weight is 374 g/mol. The smallest absolute Gasteiger partial charge is 0.416 e. The fraction of sp³-hybridized carbons (Fsp3) is 0.235. The summed E-state index contributed by atoms with van der Waals surface area (Å²) in [5.41, 5.74) is -1.04. The summed E-state index contributed by atoms with van der Waals surface area (Å²) in [7, 11) is 1.52. The highest BCUT2D eigenvalue weighted by molar-refractivity contribution is 6.33. The van der Waals surface area contributed by atoms with Crippen molar-refractivity contribution in [1.29, 1.82) is 0 Å². The van der Waals surface area contributed by atoms with Gasteiger partial charge in [-0.2, -0.15) is 13.2 Å². The number of amides is 1. The summed E-state index contributed by atoms with van der Waals surface area (Å²) in [6, 6.07) is 9.23. The SMILES string of the molecule is COc1ccc(OC(C)C(=O)Nc2cc(C(F)(F)F)ccc2Cl)cc1. The molecular formula is C17H15ClF3NO3. The number of alkyl halides is 3. The lowest BCUT2D eigenvalue weighted by Crippen LogP contribution is -2.30. The molecular weight excluding hydrogens is 359 g/mol. The van der Waals surface area contributed by atoms with Crippen molar-refractivity contribution >= 4 is 23.2 Å². The molecule has 0 saturated carbocycles. The minimum Gasteiger partial charge on any atom is -0.497 e. The fourth-order valence-electron chi connectivity index (χ4n) is 1.94. The molecule has 2 aromatic rings. The van der Waals surface area contributed by atoms with Crippen molar-refractivity contribution in [3.05, 3.63) is 53.1 Å². The second-order valence-corrected chi connectivity index (χ2v) is 5.52. The first-order valence-electron chi connectivity index (χ1n) is 7.19. The maximum absolute atomic E-state index is 12.8. The van der Waals surface area contributed by atoms with Gasteiger partial charge in [0, 0.05) is 0 Å². The van der Waals surface area contributed by atoms with Crippen molar-refractivity contribution in [2.75, 3.05) is 12.4 Å². The van der Waals surface area contributed by atoms with E-state index >= 15 is 0 Å². The van der Waals surface area contributed by atoms with Crippen molar-refractivity contribution in [3.63, 3.8) is 0 Å². The summed E-state index contributed by atoms with van der Waals surface area (Å²) < 4.78 is 48.7. The monoisotopic (exact) mass is 373 g/mol. The van der Waals surface area contributed by atoms with Crippen LogP contribution in [0.4, 0.5) is 18.9 Å². The lowest BCUT2D eigenvalue weighted by atomic mass is 10.2. The standard InChI is InChI=1S/C17H15ClF3NO3/c1-10(25-13-6-4-12(24-2)5-7-13)16(23)22-15-9-11(17(19,20)21)3-8-14(15)18/h3-10H,1-2H3,(H,22,23). The highest BCUT2D eigenvalue weighted by Crippen LogP contribution is 2.33. The minimum atomic E-state index is -4.53. The number of anilines is 1. The first-order valence-corrected chi connectivity index (χ1v) is 7.57. The van der Waals surface area contributed by atoms with Crippen molar-refractivity contribution in [2.45, 2.75) is 19.2 Å². The molecule has 1 atom stereocenters. The molecule has 1 unspecified atom stereocenters. The average Bonchev–Trinajstić information content (AvgIpc) is 2.56. The summed E-state index contributed by atoms with van der Waals surface area (Å²) in [6.07, 6.45) is -5.48. The van der Waals surface area contributed by atoms with Crippen molar-refractivity contribution in [2.24, 2.45) is 0 Å². The summed E-state index contributed by atoms with van der Waals surface area (Å²) >= 11 is 5.85. The fourth-order valence-corrected chi connectivity index (χ4v) is 2.11. The number of halogens is 4. The number of hydrogen-bond donors (Lipinski definition) is 1. The minimum absolute atomic E-state index is 0.00185. The zero-order valence-electron chi connectivity index (χ0n) is 13.4. The van der Waals surface area contributed by atoms with Crippen molar-refractivity contribution in [3.8, 4) is 11.5 Å². The van der Waals surface area contributed by atoms with Crippen LogP contribution in [0.2, 0.25) is 5.02 Å². The first-order chi connectivity index (χ1) is 11.7. The quantitative estimate of drug-likeness (QED) is 0.821. The van der Waals surface area contributed by atoms with E-state index in [1.807, 2.05) is 0 Å². The Morgan fingerprint density at radius 3 is 2.28 bits per heavy atom. The number of carbonyl (C=O) groups is 1. The van der Waals surface area contributed by atoms with E-state index in [1.54, 1.807) is 24.3 Å². The maximum atomic E-state index is 12.8. The Morgan fingerprint density at radius 1 is 1.12 bits per heavy atom. The van der Waals surface area contributed by atoms with Gasteiger partial charge < -0.3 is 14.8 Å². The Balaban J connectivity index is 2.07. The van der Waals surface area contributed by atoms with Gasteiger partial charge in [0.1, 0.15) is 11.5 Å². The van der Waals surface area contributed by atoms with Gasteiger partial charge in [0.05, 0.1) is 23.4 Å². The second-order valence-electron chi connectivity index (χ2n) is 5.12. The van der Waals surface area contributed by atoms with Gasteiger partial charge in [-0.3, -0.25) is 4.79 Å². The third kappa shape index (κ3) is 5.03. The molecule has 1 amide bonds. The molecule has 0 bridgehead atoms. The predicted molar refractivity (Wildman–Crippen MR) is 88.2 cm³/mol. The molecule has 25 heavy (non-hydrogen) atoms. The molecule has 0 aliphatic rings. The molecule has 2 aromatic carbocycles. The van der Waals surface area contributed by atoms with E-state index in [0.717, 1.165) is 18.2 Å². The van der Waals surface area contributed by atoms with Gasteiger partial charge in [0.15, 0.2) is 6.10 Å². The topological polar surface area (TPSA) is 47.6 Å². The Labute approximate surface area is 147 Å². The van der Waals surface area contributed by atoms with Crippen LogP contribution in [-0.2, 0) is 11.0 Å². The van der Waals surface area contributed by atoms with Crippen LogP contribution in [0.25, 0.3) is 0 Å². The molecule has 2 rings (SSSR count). The number of benzene rings is 2. The molecule has 0 radical (unpaired) electrons. The number of nitrogens with one attached hydrogen (secondary N) is 1. The van der Waals surface area contributed by atoms with Gasteiger partial charge in [-0.25, -0.2) is 0 Å². The highest BCUT2D eigenvalue weighted by atomic mass is 35.5. The number of rotatable bonds is 5. The van der Waals surface area contributed by atoms with Gasteiger partial charge in [0.25, 0.3) is 5.91 Å². The van der Waals surface area contributed by atoms with E-state index in [1.165, 1.54) is 14.0 Å². The van der Waals surface area contributed by atoms with E-state index < -0.39 is 23.8 Å². The molecule has 8 heteroatoms. The lowest BCUT2D eigenvalue weighted by Gasteiger charge is -2.16. The van der Waals surface area contributed by atoms with Crippen LogP contribution >= 0.6 is 11.6 Å². The van der Waals surface area contributed by atoms with Crippen LogP contribution in [0.15, 0.2) is 42.5 Å². The van der Waals surface area contributed by atoms with E-state index in [9.17, 15) is 18.0 Å². The zero-order chi connectivity index (χ0) is 18.6. The van der Waals surface area contributed by atoms with Crippen LogP contribution in [0.3, 0.4) is 0 Å². The van der Waals surface area contributed by atoms with E-state index in [0.29, 0.717) is 11.5 Å². The molecule has 1 N–H and O–H groups in total. The zero-order valence-corrected chi connectivity index (χ0v) is 14.1. The lowest BCUT2D eigenvalue weighted by molar-refractivity contribution is -0.137. The molecule has 134 valence electrons. The predicted octanol–water partition coefficient (Wildman–Crippen LogP) is 4.77. The normalized spacial score (nSPS) is 12.4. The van der Waals surface area contributed by atoms with Gasteiger partial charge in [-0.1, -0.05) is 11.6 Å². The molecule has 0 spiro atoms. The van der Waals surface area contributed by atoms with Crippen molar-refractivity contribution in [1.82, 2.24) is 0 Å². The Hall–Kier alpha value is -2.41. The molecule has 0 saturated heterocycles. The third-order valence-corrected chi connectivity index (χ3v) is 3.62. The van der Waals surface area contributed by atoms with Crippen LogP contribution in [0, 0.1) is 0 Å². The van der Waals surface area contributed by atoms with Gasteiger partial charge >= 0.3 is 6.18 Å². The molecule has 0 heterocycles. The molecule has 0 aliphatic carbocycles. The first kappa shape index (κ1) is 18.9. The van der Waals surface area contributed by atoms with Gasteiger partial charge in [-0.05, 0) is 49.4 Å². The number of carbonyl (C=O) groups excluding carboxylic acids is 1. The van der Waals surface area contributed by atoms with Gasteiger partial charge in [0.2, 0.25) is 0 Å². The van der Waals surface area contributed by atoms with E-state index in [2.05, 4.69) is 5.32 Å². The molecule has 0 aromatic heterocycles. The summed E-state index contributed by atoms with van der Waals surface area (Å²) in [5.74, 6) is 0.413. The molecule has 0 fully saturated rings. The number of methoxy groups -OCH3 is 1. The van der Waals surface area contributed by atoms with Crippen LogP contribution in [0.5, 0.6) is 11.5 Å². The van der Waals surface area contributed by atoms with Crippen LogP contribution in [0.1, 0.15) is 12.5 Å². The highest BCUT2D eigenvalue weighted by Gasteiger charge is 2.31. The third-order valence-electron chi connectivity index (χ3n) is 3.29. The molecule has 0 aliphatic heterocycles. The second kappa shape index (κ2) is 7.65. The summed E-state index contributed by atoms with van der Waals surface area (Å²) in [6.45, 7) is 1.47. The van der Waals surface area contributed by atoms with Crippen LogP contribution in [-0.4, -0.2) is 19.1 Å². The Bertz CT molecular complexity index is 748. The van der Waals surface area contributed by atoms with Crippen LogP contribution < -0.4 is 14.8 Å². The van der Waals surface area contributed by atoms with Crippen molar-refractivity contribution < 1.29 is 27.4 Å². The Kier molecular flexibility index (Phi) is 5.79. The Morgan fingerprint density at radius 2 is 1.72 bits per heavy atom. The summed E-state index contributed by atoms with van der Waals surface area (Å²) in [5, 5.41) is 2.34. The molecule has 4 nitrogen and oxygen atoms in total. The summed E-state index contributed by atoms with van der Waals surface area (Å²) in [4.78, 5) is 12.2. The number of ether oxygens (including phenoxy) is 2. The maximum Gasteiger partial charge on any atom is 0.416 e. The number of hydrogen-bond acceptors (Lipinski definition) is 3.